The summed E-state index contributed by atoms with van der Waals surface area (Å²) in [5.41, 5.74) is 1.79. The van der Waals surface area contributed by atoms with E-state index in [0.717, 1.165) is 18.8 Å². The quantitative estimate of drug-likeness (QED) is 0.873. The molecule has 2 aromatic carbocycles. The molecule has 1 aliphatic rings. The Balaban J connectivity index is 1.69. The van der Waals surface area contributed by atoms with Crippen molar-refractivity contribution in [2.45, 2.75) is 20.0 Å². The number of rotatable bonds is 5. The van der Waals surface area contributed by atoms with Crippen molar-refractivity contribution in [3.8, 4) is 5.75 Å². The maximum atomic E-state index is 12.5. The molecule has 1 N–H and O–H groups in total. The summed E-state index contributed by atoms with van der Waals surface area (Å²) in [6.07, 6.45) is 1.18. The van der Waals surface area contributed by atoms with Crippen LogP contribution in [0.3, 0.4) is 0 Å². The van der Waals surface area contributed by atoms with E-state index in [1.165, 1.54) is 18.6 Å². The molecular weight excluding hydrogens is 326 g/mol. The molecule has 1 aliphatic heterocycles. The number of halogens is 2. The van der Waals surface area contributed by atoms with Gasteiger partial charge in [0.25, 0.3) is 5.91 Å². The average molecular weight is 346 g/mol. The Hall–Kier alpha value is -2.63. The van der Waals surface area contributed by atoms with Gasteiger partial charge in [-0.3, -0.25) is 4.79 Å². The van der Waals surface area contributed by atoms with Crippen LogP contribution in [-0.2, 0) is 0 Å². The number of para-hydroxylation sites is 1. The van der Waals surface area contributed by atoms with Crippen LogP contribution in [-0.4, -0.2) is 25.6 Å². The minimum absolute atomic E-state index is 0.0697. The van der Waals surface area contributed by atoms with E-state index in [-0.39, 0.29) is 11.3 Å². The van der Waals surface area contributed by atoms with Gasteiger partial charge < -0.3 is 15.0 Å². The SMILES string of the molecule is CC1CCN(c2ccc(NC(=O)c3ccccc3OC(F)F)cc2)C1. The van der Waals surface area contributed by atoms with Gasteiger partial charge in [0.05, 0.1) is 5.56 Å². The summed E-state index contributed by atoms with van der Waals surface area (Å²) in [4.78, 5) is 14.7. The number of amides is 1. The molecule has 0 radical (unpaired) electrons. The van der Waals surface area contributed by atoms with Gasteiger partial charge in [-0.1, -0.05) is 19.1 Å². The fourth-order valence-corrected chi connectivity index (χ4v) is 2.98. The Bertz CT molecular complexity index is 734. The molecule has 132 valence electrons. The van der Waals surface area contributed by atoms with E-state index in [4.69, 9.17) is 0 Å². The van der Waals surface area contributed by atoms with Gasteiger partial charge in [0, 0.05) is 24.5 Å². The van der Waals surface area contributed by atoms with Gasteiger partial charge in [-0.05, 0) is 48.7 Å². The second-order valence-corrected chi connectivity index (χ2v) is 6.22. The fraction of sp³-hybridized carbons (Fsp3) is 0.316. The molecule has 6 heteroatoms. The summed E-state index contributed by atoms with van der Waals surface area (Å²) in [6, 6.07) is 13.5. The highest BCUT2D eigenvalue weighted by Crippen LogP contribution is 2.26. The van der Waals surface area contributed by atoms with Gasteiger partial charge in [0.1, 0.15) is 5.75 Å². The molecule has 0 saturated carbocycles. The number of hydrogen-bond acceptors (Lipinski definition) is 3. The van der Waals surface area contributed by atoms with Gasteiger partial charge in [0.15, 0.2) is 0 Å². The number of carbonyl (C=O) groups is 1. The predicted molar refractivity (Wildman–Crippen MR) is 93.5 cm³/mol. The first-order chi connectivity index (χ1) is 12.0. The van der Waals surface area contributed by atoms with Crippen molar-refractivity contribution in [2.75, 3.05) is 23.3 Å². The van der Waals surface area contributed by atoms with Crippen molar-refractivity contribution in [2.24, 2.45) is 5.92 Å². The summed E-state index contributed by atoms with van der Waals surface area (Å²) >= 11 is 0. The van der Waals surface area contributed by atoms with E-state index in [0.29, 0.717) is 11.6 Å². The number of hydrogen-bond donors (Lipinski definition) is 1. The highest BCUT2D eigenvalue weighted by Gasteiger charge is 2.19. The summed E-state index contributed by atoms with van der Waals surface area (Å²) in [6.45, 7) is 1.32. The van der Waals surface area contributed by atoms with Gasteiger partial charge in [-0.2, -0.15) is 8.78 Å². The molecule has 1 fully saturated rings. The summed E-state index contributed by atoms with van der Waals surface area (Å²) in [5, 5.41) is 2.72. The standard InChI is InChI=1S/C19H20F2N2O2/c1-13-10-11-23(12-13)15-8-6-14(7-9-15)22-18(24)16-4-2-3-5-17(16)25-19(20)21/h2-9,13,19H,10-12H2,1H3,(H,22,24). The van der Waals surface area contributed by atoms with E-state index in [1.807, 2.05) is 24.3 Å². The molecule has 0 bridgehead atoms. The van der Waals surface area contributed by atoms with Crippen molar-refractivity contribution in [1.29, 1.82) is 0 Å². The van der Waals surface area contributed by atoms with Gasteiger partial charge >= 0.3 is 6.61 Å². The summed E-state index contributed by atoms with van der Waals surface area (Å²) in [5.74, 6) is 0.0576. The Morgan fingerprint density at radius 3 is 2.56 bits per heavy atom. The topological polar surface area (TPSA) is 41.6 Å². The molecule has 1 amide bonds. The second kappa shape index (κ2) is 7.51. The van der Waals surface area contributed by atoms with Crippen LogP contribution in [0.15, 0.2) is 48.5 Å². The minimum Gasteiger partial charge on any atom is -0.434 e. The van der Waals surface area contributed by atoms with Crippen LogP contribution in [0.5, 0.6) is 5.75 Å². The maximum absolute atomic E-state index is 12.5. The van der Waals surface area contributed by atoms with Crippen LogP contribution in [0.2, 0.25) is 0 Å². The van der Waals surface area contributed by atoms with E-state index in [1.54, 1.807) is 12.1 Å². The number of nitrogens with one attached hydrogen (secondary N) is 1. The van der Waals surface area contributed by atoms with E-state index in [2.05, 4.69) is 21.9 Å². The Kier molecular flexibility index (Phi) is 5.16. The lowest BCUT2D eigenvalue weighted by molar-refractivity contribution is -0.0501. The van der Waals surface area contributed by atoms with Gasteiger partial charge in [0.2, 0.25) is 0 Å². The lowest BCUT2D eigenvalue weighted by atomic mass is 10.1. The molecule has 0 aliphatic carbocycles. The molecule has 3 rings (SSSR count). The number of nitrogens with zero attached hydrogens (tertiary/aromatic N) is 1. The number of alkyl halides is 2. The van der Waals surface area contributed by atoms with Crippen LogP contribution in [0.4, 0.5) is 20.2 Å². The number of anilines is 2. The van der Waals surface area contributed by atoms with Crippen molar-refractivity contribution < 1.29 is 18.3 Å². The molecule has 2 aromatic rings. The fourth-order valence-electron chi connectivity index (χ4n) is 2.98. The highest BCUT2D eigenvalue weighted by molar-refractivity contribution is 6.06. The largest absolute Gasteiger partial charge is 0.434 e. The normalized spacial score (nSPS) is 17.0. The smallest absolute Gasteiger partial charge is 0.387 e. The zero-order valence-electron chi connectivity index (χ0n) is 13.9. The second-order valence-electron chi connectivity index (χ2n) is 6.22. The summed E-state index contributed by atoms with van der Waals surface area (Å²) in [7, 11) is 0. The first-order valence-corrected chi connectivity index (χ1v) is 8.23. The molecule has 0 spiro atoms. The molecule has 1 unspecified atom stereocenters. The Labute approximate surface area is 145 Å². The molecular formula is C19H20F2N2O2. The third kappa shape index (κ3) is 4.26. The van der Waals surface area contributed by atoms with Crippen LogP contribution in [0, 0.1) is 5.92 Å². The molecule has 25 heavy (non-hydrogen) atoms. The van der Waals surface area contributed by atoms with Gasteiger partial charge in [-0.25, -0.2) is 0 Å². The van der Waals surface area contributed by atoms with Crippen LogP contribution in [0.25, 0.3) is 0 Å². The molecule has 1 saturated heterocycles. The third-order valence-electron chi connectivity index (χ3n) is 4.26. The predicted octanol–water partition coefficient (Wildman–Crippen LogP) is 4.39. The van der Waals surface area contributed by atoms with Crippen LogP contribution < -0.4 is 15.0 Å². The molecule has 1 atom stereocenters. The Morgan fingerprint density at radius 1 is 1.20 bits per heavy atom. The average Bonchev–Trinajstić information content (AvgIpc) is 3.02. The van der Waals surface area contributed by atoms with Crippen molar-refractivity contribution >= 4 is 17.3 Å². The maximum Gasteiger partial charge on any atom is 0.387 e. The van der Waals surface area contributed by atoms with Crippen molar-refractivity contribution in [1.82, 2.24) is 0 Å². The molecule has 0 aromatic heterocycles. The lowest BCUT2D eigenvalue weighted by Gasteiger charge is -2.18. The number of benzene rings is 2. The number of ether oxygens (including phenoxy) is 1. The zero-order chi connectivity index (χ0) is 17.8. The van der Waals surface area contributed by atoms with E-state index < -0.39 is 12.5 Å². The van der Waals surface area contributed by atoms with E-state index in [9.17, 15) is 13.6 Å². The minimum atomic E-state index is -2.98. The van der Waals surface area contributed by atoms with E-state index >= 15 is 0 Å². The van der Waals surface area contributed by atoms with Gasteiger partial charge in [-0.15, -0.1) is 0 Å². The summed E-state index contributed by atoms with van der Waals surface area (Å²) < 4.78 is 29.3. The monoisotopic (exact) mass is 346 g/mol. The Morgan fingerprint density at radius 2 is 1.92 bits per heavy atom. The molecule has 4 nitrogen and oxygen atoms in total. The van der Waals surface area contributed by atoms with Crippen LogP contribution >= 0.6 is 0 Å². The van der Waals surface area contributed by atoms with Crippen LogP contribution in [0.1, 0.15) is 23.7 Å². The third-order valence-corrected chi connectivity index (χ3v) is 4.26. The molecule has 1 heterocycles. The lowest BCUT2D eigenvalue weighted by Crippen LogP contribution is -2.19. The highest BCUT2D eigenvalue weighted by atomic mass is 19.3. The first kappa shape index (κ1) is 17.2. The van der Waals surface area contributed by atoms with Crippen molar-refractivity contribution in [3.63, 3.8) is 0 Å². The zero-order valence-corrected chi connectivity index (χ0v) is 13.9. The van der Waals surface area contributed by atoms with Crippen molar-refractivity contribution in [3.05, 3.63) is 54.1 Å². The first-order valence-electron chi connectivity index (χ1n) is 8.23. The number of carbonyl (C=O) groups excluding carboxylic acids is 1.